The fourth-order valence-corrected chi connectivity index (χ4v) is 5.93. The van der Waals surface area contributed by atoms with Crippen molar-refractivity contribution in [2.75, 3.05) is 18.0 Å². The van der Waals surface area contributed by atoms with Crippen molar-refractivity contribution in [3.63, 3.8) is 0 Å². The predicted octanol–water partition coefficient (Wildman–Crippen LogP) is 4.22. The summed E-state index contributed by atoms with van der Waals surface area (Å²) in [4.78, 5) is 20.9. The molecule has 0 bridgehead atoms. The minimum Gasteiger partial charge on any atom is -0.355 e. The van der Waals surface area contributed by atoms with Crippen molar-refractivity contribution in [3.05, 3.63) is 59.5 Å². The van der Waals surface area contributed by atoms with E-state index < -0.39 is 0 Å². The number of benzene rings is 1. The maximum Gasteiger partial charge on any atom is 0.166 e. The van der Waals surface area contributed by atoms with E-state index in [0.717, 1.165) is 84.4 Å². The number of ketones is 1. The molecule has 6 rings (SSSR count). The van der Waals surface area contributed by atoms with Crippen molar-refractivity contribution >= 4 is 28.2 Å². The number of Topliss-reactive ketones (excluding diaryl/α,β-unsaturated/α-hetero) is 1. The number of nitrogens with two attached hydrogens (primary N) is 1. The fraction of sp³-hybridized carbons (Fsp3) is 0.444. The van der Waals surface area contributed by atoms with Gasteiger partial charge in [0.2, 0.25) is 0 Å². The zero-order chi connectivity index (χ0) is 23.4. The Kier molecular flexibility index (Phi) is 5.17. The van der Waals surface area contributed by atoms with Crippen LogP contribution in [-0.4, -0.2) is 44.1 Å². The minimum absolute atomic E-state index is 0.0477. The van der Waals surface area contributed by atoms with E-state index in [1.807, 2.05) is 29.9 Å². The molecule has 1 aliphatic heterocycles. The second-order valence-electron chi connectivity index (χ2n) is 10.2. The summed E-state index contributed by atoms with van der Waals surface area (Å²) < 4.78 is 3.96. The number of carbonyl (C=O) groups excluding carboxylic acids is 1. The van der Waals surface area contributed by atoms with Gasteiger partial charge < -0.3 is 15.2 Å². The average molecular weight is 457 g/mol. The van der Waals surface area contributed by atoms with Gasteiger partial charge in [-0.25, -0.2) is 9.50 Å². The van der Waals surface area contributed by atoms with Gasteiger partial charge in [-0.1, -0.05) is 25.0 Å². The number of aryl methyl sites for hydroxylation is 2. The van der Waals surface area contributed by atoms with Crippen LogP contribution < -0.4 is 10.6 Å². The predicted molar refractivity (Wildman–Crippen MR) is 134 cm³/mol. The van der Waals surface area contributed by atoms with Gasteiger partial charge in [-0.2, -0.15) is 5.10 Å². The molecule has 0 spiro atoms. The van der Waals surface area contributed by atoms with E-state index in [9.17, 15) is 4.79 Å². The standard InChI is InChI=1S/C27H32N6O/c1-17-15-33-25(29-27(17)32-12-10-20(28)16-32)14-23(30-33)21-5-3-4-6-22(21)26(34)19-8-7-18-9-11-31(2)24(18)13-19/h7-9,11,13-15,20-22H,3-6,10,12,16,28H2,1-2H3/t20-,21+,22?/m0/s1. The Labute approximate surface area is 199 Å². The third kappa shape index (κ3) is 3.59. The van der Waals surface area contributed by atoms with E-state index in [1.165, 1.54) is 0 Å². The van der Waals surface area contributed by atoms with E-state index in [2.05, 4.69) is 40.8 Å². The first-order chi connectivity index (χ1) is 16.5. The lowest BCUT2D eigenvalue weighted by Crippen LogP contribution is -2.27. The van der Waals surface area contributed by atoms with Crippen LogP contribution in [0.2, 0.25) is 0 Å². The molecule has 1 aromatic carbocycles. The van der Waals surface area contributed by atoms with Gasteiger partial charge in [0.1, 0.15) is 5.82 Å². The lowest BCUT2D eigenvalue weighted by atomic mass is 9.74. The Balaban J connectivity index is 1.33. The Hall–Kier alpha value is -3.19. The Morgan fingerprint density at radius 3 is 2.79 bits per heavy atom. The average Bonchev–Trinajstić information content (AvgIpc) is 3.56. The first-order valence-corrected chi connectivity index (χ1v) is 12.4. The minimum atomic E-state index is -0.0477. The van der Waals surface area contributed by atoms with Crippen molar-refractivity contribution in [2.24, 2.45) is 18.7 Å². The highest BCUT2D eigenvalue weighted by Crippen LogP contribution is 2.40. The molecule has 3 atom stereocenters. The molecule has 3 aromatic heterocycles. The van der Waals surface area contributed by atoms with Crippen LogP contribution in [0.5, 0.6) is 0 Å². The molecule has 34 heavy (non-hydrogen) atoms. The Bertz CT molecular complexity index is 1380. The highest BCUT2D eigenvalue weighted by Gasteiger charge is 2.34. The highest BCUT2D eigenvalue weighted by molar-refractivity contribution is 6.01. The highest BCUT2D eigenvalue weighted by atomic mass is 16.1. The number of nitrogens with zero attached hydrogens (tertiary/aromatic N) is 5. The first kappa shape index (κ1) is 21.4. The maximum absolute atomic E-state index is 13.7. The molecule has 4 aromatic rings. The van der Waals surface area contributed by atoms with E-state index >= 15 is 0 Å². The quantitative estimate of drug-likeness (QED) is 0.465. The molecule has 2 N–H and O–H groups in total. The number of carbonyl (C=O) groups is 1. The van der Waals surface area contributed by atoms with Crippen molar-refractivity contribution in [2.45, 2.75) is 51.0 Å². The summed E-state index contributed by atoms with van der Waals surface area (Å²) in [5.41, 5.74) is 11.0. The molecule has 7 nitrogen and oxygen atoms in total. The summed E-state index contributed by atoms with van der Waals surface area (Å²) >= 11 is 0. The molecule has 0 amide bonds. The third-order valence-electron chi connectivity index (χ3n) is 7.80. The molecule has 1 saturated heterocycles. The molecule has 7 heteroatoms. The van der Waals surface area contributed by atoms with Crippen LogP contribution in [0.3, 0.4) is 0 Å². The second kappa shape index (κ2) is 8.24. The lowest BCUT2D eigenvalue weighted by molar-refractivity contribution is 0.0866. The lowest BCUT2D eigenvalue weighted by Gasteiger charge is -2.29. The summed E-state index contributed by atoms with van der Waals surface area (Å²) in [6.45, 7) is 3.87. The summed E-state index contributed by atoms with van der Waals surface area (Å²) in [6.07, 6.45) is 9.21. The van der Waals surface area contributed by atoms with Gasteiger partial charge >= 0.3 is 0 Å². The Morgan fingerprint density at radius 2 is 1.97 bits per heavy atom. The van der Waals surface area contributed by atoms with Gasteiger partial charge in [0.25, 0.3) is 0 Å². The van der Waals surface area contributed by atoms with Crippen LogP contribution in [0.1, 0.15) is 59.6 Å². The molecular formula is C27H32N6O. The molecular weight excluding hydrogens is 424 g/mol. The van der Waals surface area contributed by atoms with Crippen LogP contribution in [0.15, 0.2) is 42.7 Å². The van der Waals surface area contributed by atoms with Crippen LogP contribution >= 0.6 is 0 Å². The molecule has 176 valence electrons. The molecule has 1 saturated carbocycles. The molecule has 1 aliphatic carbocycles. The molecule has 1 unspecified atom stereocenters. The molecule has 4 heterocycles. The van der Waals surface area contributed by atoms with Crippen LogP contribution in [0, 0.1) is 12.8 Å². The zero-order valence-electron chi connectivity index (χ0n) is 19.9. The normalized spacial score (nSPS) is 23.3. The number of hydrogen-bond acceptors (Lipinski definition) is 5. The fourth-order valence-electron chi connectivity index (χ4n) is 5.93. The van der Waals surface area contributed by atoms with Gasteiger partial charge in [0.05, 0.1) is 5.69 Å². The SMILES string of the molecule is Cc1cn2nc([C@@H]3CCCCC3C(=O)c3ccc4ccn(C)c4c3)cc2nc1N1CC[C@H](N)C1. The van der Waals surface area contributed by atoms with E-state index in [1.54, 1.807) is 0 Å². The van der Waals surface area contributed by atoms with Crippen molar-refractivity contribution in [1.82, 2.24) is 19.2 Å². The maximum atomic E-state index is 13.7. The topological polar surface area (TPSA) is 81.5 Å². The van der Waals surface area contributed by atoms with E-state index in [-0.39, 0.29) is 23.7 Å². The number of aromatic nitrogens is 4. The third-order valence-corrected chi connectivity index (χ3v) is 7.80. The molecule has 2 fully saturated rings. The summed E-state index contributed by atoms with van der Waals surface area (Å²) in [5.74, 6) is 1.31. The zero-order valence-corrected chi connectivity index (χ0v) is 19.9. The molecule has 2 aliphatic rings. The smallest absolute Gasteiger partial charge is 0.166 e. The van der Waals surface area contributed by atoms with Crippen LogP contribution in [0.25, 0.3) is 16.6 Å². The van der Waals surface area contributed by atoms with Crippen molar-refractivity contribution in [1.29, 1.82) is 0 Å². The van der Waals surface area contributed by atoms with Gasteiger partial charge in [-0.3, -0.25) is 4.79 Å². The van der Waals surface area contributed by atoms with Gasteiger partial charge in [0, 0.05) is 73.1 Å². The first-order valence-electron chi connectivity index (χ1n) is 12.4. The van der Waals surface area contributed by atoms with Gasteiger partial charge in [-0.15, -0.1) is 0 Å². The van der Waals surface area contributed by atoms with Gasteiger partial charge in [-0.05, 0) is 43.7 Å². The van der Waals surface area contributed by atoms with Crippen LogP contribution in [0.4, 0.5) is 5.82 Å². The second-order valence-corrected chi connectivity index (χ2v) is 10.2. The Morgan fingerprint density at radius 1 is 1.12 bits per heavy atom. The van der Waals surface area contributed by atoms with Crippen molar-refractivity contribution in [3.8, 4) is 0 Å². The summed E-state index contributed by atoms with van der Waals surface area (Å²) in [7, 11) is 2.02. The number of fused-ring (bicyclic) bond motifs is 2. The van der Waals surface area contributed by atoms with E-state index in [0.29, 0.717) is 0 Å². The summed E-state index contributed by atoms with van der Waals surface area (Å²) in [5, 5.41) is 6.08. The number of rotatable bonds is 4. The number of hydrogen-bond donors (Lipinski definition) is 1. The van der Waals surface area contributed by atoms with E-state index in [4.69, 9.17) is 15.8 Å². The largest absolute Gasteiger partial charge is 0.355 e. The monoisotopic (exact) mass is 456 g/mol. The molecule has 0 radical (unpaired) electrons. The van der Waals surface area contributed by atoms with Gasteiger partial charge in [0.15, 0.2) is 11.4 Å². The summed E-state index contributed by atoms with van der Waals surface area (Å²) in [6, 6.07) is 10.5. The number of anilines is 1. The van der Waals surface area contributed by atoms with Crippen LogP contribution in [-0.2, 0) is 7.05 Å². The van der Waals surface area contributed by atoms with Crippen molar-refractivity contribution < 1.29 is 4.79 Å².